The number of carbonyl (C=O) groups excluding carboxylic acids is 1. The topological polar surface area (TPSA) is 26.3 Å². The van der Waals surface area contributed by atoms with Crippen LogP contribution >= 0.6 is 11.6 Å². The minimum Gasteiger partial charge on any atom is -0.491 e. The number of hydrogen-bond donors (Lipinski definition) is 0. The highest BCUT2D eigenvalue weighted by Gasteiger charge is 2.12. The minimum absolute atomic E-state index is 0.0312. The molecule has 0 aliphatic carbocycles. The number of ether oxygens (including phenoxy) is 1. The van der Waals surface area contributed by atoms with E-state index in [4.69, 9.17) is 16.3 Å². The highest BCUT2D eigenvalue weighted by Crippen LogP contribution is 2.29. The number of benzene rings is 1. The van der Waals surface area contributed by atoms with Crippen LogP contribution in [0, 0.1) is 5.92 Å². The van der Waals surface area contributed by atoms with E-state index in [0.717, 1.165) is 0 Å². The Hall–Kier alpha value is -1.02. The highest BCUT2D eigenvalue weighted by atomic mass is 35.5. The third-order valence-corrected chi connectivity index (χ3v) is 2.20. The lowest BCUT2D eigenvalue weighted by Gasteiger charge is -2.12. The van der Waals surface area contributed by atoms with Crippen LogP contribution < -0.4 is 4.74 Å². The normalized spacial score (nSPS) is 10.5. The van der Waals surface area contributed by atoms with E-state index < -0.39 is 0 Å². The van der Waals surface area contributed by atoms with Crippen LogP contribution in [0.25, 0.3) is 0 Å². The second-order valence-electron chi connectivity index (χ2n) is 3.88. The van der Waals surface area contributed by atoms with Crippen molar-refractivity contribution < 1.29 is 9.53 Å². The molecule has 0 bridgehead atoms. The Morgan fingerprint density at radius 2 is 2.13 bits per heavy atom. The summed E-state index contributed by atoms with van der Waals surface area (Å²) in [7, 11) is 0. The number of para-hydroxylation sites is 1. The molecule has 0 aromatic heterocycles. The third kappa shape index (κ3) is 3.24. The molecule has 82 valence electrons. The predicted octanol–water partition coefficient (Wildman–Crippen LogP) is 3.58. The van der Waals surface area contributed by atoms with Crippen molar-refractivity contribution in [3.63, 3.8) is 0 Å². The zero-order valence-electron chi connectivity index (χ0n) is 9.21. The molecule has 2 nitrogen and oxygen atoms in total. The second-order valence-corrected chi connectivity index (χ2v) is 4.28. The van der Waals surface area contributed by atoms with Gasteiger partial charge in [-0.05, 0) is 25.0 Å². The van der Waals surface area contributed by atoms with Gasteiger partial charge in [0.2, 0.25) is 0 Å². The van der Waals surface area contributed by atoms with E-state index in [1.807, 2.05) is 13.8 Å². The summed E-state index contributed by atoms with van der Waals surface area (Å²) in [4.78, 5) is 11.3. The van der Waals surface area contributed by atoms with Gasteiger partial charge < -0.3 is 4.74 Å². The summed E-state index contributed by atoms with van der Waals surface area (Å²) in [6.45, 7) is 6.16. The molecule has 0 saturated carbocycles. The number of rotatable bonds is 4. The van der Waals surface area contributed by atoms with Crippen molar-refractivity contribution in [3.05, 3.63) is 28.8 Å². The molecule has 0 unspecified atom stereocenters. The highest BCUT2D eigenvalue weighted by molar-refractivity contribution is 6.32. The molecule has 0 heterocycles. The van der Waals surface area contributed by atoms with E-state index >= 15 is 0 Å². The lowest BCUT2D eigenvalue weighted by atomic mass is 10.1. The van der Waals surface area contributed by atoms with Crippen molar-refractivity contribution in [1.82, 2.24) is 0 Å². The first-order valence-electron chi connectivity index (χ1n) is 4.94. The minimum atomic E-state index is -0.0312. The molecule has 15 heavy (non-hydrogen) atoms. The first kappa shape index (κ1) is 12.1. The van der Waals surface area contributed by atoms with E-state index in [2.05, 4.69) is 0 Å². The summed E-state index contributed by atoms with van der Waals surface area (Å²) >= 11 is 5.98. The number of halogens is 1. The Morgan fingerprint density at radius 3 is 2.67 bits per heavy atom. The standard InChI is InChI=1S/C12H15ClO2/c1-8(2)7-15-12-10(9(3)14)5-4-6-11(12)13/h4-6,8H,7H2,1-3H3. The summed E-state index contributed by atoms with van der Waals surface area (Å²) in [6.07, 6.45) is 0. The maximum atomic E-state index is 11.3. The van der Waals surface area contributed by atoms with Crippen LogP contribution in [0.2, 0.25) is 5.02 Å². The molecule has 0 amide bonds. The lowest BCUT2D eigenvalue weighted by Crippen LogP contribution is -2.08. The summed E-state index contributed by atoms with van der Waals surface area (Å²) in [5.74, 6) is 0.873. The molecule has 0 fully saturated rings. The third-order valence-electron chi connectivity index (χ3n) is 1.91. The number of ketones is 1. The van der Waals surface area contributed by atoms with Crippen LogP contribution in [0.4, 0.5) is 0 Å². The van der Waals surface area contributed by atoms with Crippen molar-refractivity contribution in [2.24, 2.45) is 5.92 Å². The maximum Gasteiger partial charge on any atom is 0.163 e. The Labute approximate surface area is 95.2 Å². The van der Waals surface area contributed by atoms with E-state index in [1.54, 1.807) is 18.2 Å². The molecule has 3 heteroatoms. The molecule has 0 atom stereocenters. The van der Waals surface area contributed by atoms with Gasteiger partial charge in [0.1, 0.15) is 5.75 Å². The van der Waals surface area contributed by atoms with Gasteiger partial charge in [-0.1, -0.05) is 31.5 Å². The molecule has 0 N–H and O–H groups in total. The molecule has 1 rings (SSSR count). The zero-order chi connectivity index (χ0) is 11.4. The van der Waals surface area contributed by atoms with E-state index in [-0.39, 0.29) is 5.78 Å². The number of hydrogen-bond acceptors (Lipinski definition) is 2. The maximum absolute atomic E-state index is 11.3. The van der Waals surface area contributed by atoms with Gasteiger partial charge in [0, 0.05) is 0 Å². The van der Waals surface area contributed by atoms with Gasteiger partial charge >= 0.3 is 0 Å². The van der Waals surface area contributed by atoms with E-state index in [1.165, 1.54) is 6.92 Å². The second kappa shape index (κ2) is 5.17. The first-order valence-corrected chi connectivity index (χ1v) is 5.32. The first-order chi connectivity index (χ1) is 7.02. The largest absolute Gasteiger partial charge is 0.491 e. The molecular weight excluding hydrogens is 212 g/mol. The zero-order valence-corrected chi connectivity index (χ0v) is 9.97. The Kier molecular flexibility index (Phi) is 4.15. The molecular formula is C12H15ClO2. The average Bonchev–Trinajstić information content (AvgIpc) is 2.15. The SMILES string of the molecule is CC(=O)c1cccc(Cl)c1OCC(C)C. The van der Waals surface area contributed by atoms with Crippen molar-refractivity contribution in [2.75, 3.05) is 6.61 Å². The van der Waals surface area contributed by atoms with Crippen LogP contribution in [0.15, 0.2) is 18.2 Å². The van der Waals surface area contributed by atoms with Crippen molar-refractivity contribution in [2.45, 2.75) is 20.8 Å². The molecule has 1 aromatic carbocycles. The van der Waals surface area contributed by atoms with Crippen LogP contribution in [0.1, 0.15) is 31.1 Å². The average molecular weight is 227 g/mol. The van der Waals surface area contributed by atoms with Gasteiger partial charge in [0.05, 0.1) is 17.2 Å². The molecule has 0 radical (unpaired) electrons. The van der Waals surface area contributed by atoms with Crippen LogP contribution in [0.3, 0.4) is 0 Å². The van der Waals surface area contributed by atoms with Crippen molar-refractivity contribution >= 4 is 17.4 Å². The number of carbonyl (C=O) groups is 1. The van der Waals surface area contributed by atoms with Gasteiger partial charge in [0.15, 0.2) is 5.78 Å². The van der Waals surface area contributed by atoms with Crippen LogP contribution in [0.5, 0.6) is 5.75 Å². The summed E-state index contributed by atoms with van der Waals surface area (Å²) < 4.78 is 5.54. The fourth-order valence-corrected chi connectivity index (χ4v) is 1.41. The number of Topliss-reactive ketones (excluding diaryl/α,β-unsaturated/α-hetero) is 1. The fourth-order valence-electron chi connectivity index (χ4n) is 1.18. The quantitative estimate of drug-likeness (QED) is 0.734. The van der Waals surface area contributed by atoms with Gasteiger partial charge in [-0.25, -0.2) is 0 Å². The predicted molar refractivity (Wildman–Crippen MR) is 61.8 cm³/mol. The van der Waals surface area contributed by atoms with Gasteiger partial charge in [-0.15, -0.1) is 0 Å². The smallest absolute Gasteiger partial charge is 0.163 e. The Bertz CT molecular complexity index is 359. The molecule has 0 aliphatic rings. The Morgan fingerprint density at radius 1 is 1.47 bits per heavy atom. The van der Waals surface area contributed by atoms with Gasteiger partial charge in [-0.3, -0.25) is 4.79 Å². The molecule has 0 saturated heterocycles. The fraction of sp³-hybridized carbons (Fsp3) is 0.417. The summed E-state index contributed by atoms with van der Waals surface area (Å²) in [5.41, 5.74) is 0.545. The van der Waals surface area contributed by atoms with Gasteiger partial charge in [-0.2, -0.15) is 0 Å². The molecule has 0 spiro atoms. The summed E-state index contributed by atoms with van der Waals surface area (Å²) in [6, 6.07) is 5.20. The lowest BCUT2D eigenvalue weighted by molar-refractivity contribution is 0.101. The monoisotopic (exact) mass is 226 g/mol. The van der Waals surface area contributed by atoms with Crippen molar-refractivity contribution in [1.29, 1.82) is 0 Å². The van der Waals surface area contributed by atoms with Crippen LogP contribution in [-0.4, -0.2) is 12.4 Å². The molecule has 0 aliphatic heterocycles. The summed E-state index contributed by atoms with van der Waals surface area (Å²) in [5, 5.41) is 0.489. The van der Waals surface area contributed by atoms with E-state index in [9.17, 15) is 4.79 Å². The van der Waals surface area contributed by atoms with Gasteiger partial charge in [0.25, 0.3) is 0 Å². The van der Waals surface area contributed by atoms with Crippen LogP contribution in [-0.2, 0) is 0 Å². The van der Waals surface area contributed by atoms with E-state index in [0.29, 0.717) is 28.9 Å². The molecule has 1 aromatic rings. The van der Waals surface area contributed by atoms with Crippen molar-refractivity contribution in [3.8, 4) is 5.75 Å². The Balaban J connectivity index is 2.97.